The second-order valence-corrected chi connectivity index (χ2v) is 4.87. The van der Waals surface area contributed by atoms with E-state index in [1.165, 1.54) is 18.2 Å². The van der Waals surface area contributed by atoms with Crippen LogP contribution in [-0.4, -0.2) is 31.4 Å². The summed E-state index contributed by atoms with van der Waals surface area (Å²) in [5.41, 5.74) is 5.99. The smallest absolute Gasteiger partial charge is 0.460 e. The van der Waals surface area contributed by atoms with Gasteiger partial charge in [0.05, 0.1) is 6.54 Å². The Balaban J connectivity index is 2.12. The van der Waals surface area contributed by atoms with Crippen molar-refractivity contribution in [3.05, 3.63) is 42.2 Å². The van der Waals surface area contributed by atoms with Gasteiger partial charge in [0.2, 0.25) is 0 Å². The number of rotatable bonds is 6. The Bertz CT molecular complexity index is 611. The van der Waals surface area contributed by atoms with Crippen LogP contribution in [0.25, 0.3) is 11.3 Å². The molecule has 2 N–H and O–H groups in total. The largest absolute Gasteiger partial charge is 0.573 e. The third kappa shape index (κ3) is 4.78. The van der Waals surface area contributed by atoms with E-state index in [-0.39, 0.29) is 5.75 Å². The van der Waals surface area contributed by atoms with E-state index in [1.807, 2.05) is 11.9 Å². The number of ether oxygens (including phenoxy) is 1. The Hall–Kier alpha value is -1.99. The van der Waals surface area contributed by atoms with Crippen LogP contribution in [0.3, 0.4) is 0 Å². The summed E-state index contributed by atoms with van der Waals surface area (Å²) in [5.74, 6) is 0.931. The van der Waals surface area contributed by atoms with Crippen molar-refractivity contribution in [3.8, 4) is 17.1 Å². The summed E-state index contributed by atoms with van der Waals surface area (Å²) in [5, 5.41) is 0. The molecule has 0 fully saturated rings. The van der Waals surface area contributed by atoms with Gasteiger partial charge in [0.15, 0.2) is 0 Å². The molecule has 1 heterocycles. The molecule has 1 aromatic carbocycles. The van der Waals surface area contributed by atoms with Crippen LogP contribution in [0.2, 0.25) is 0 Å². The lowest BCUT2D eigenvalue weighted by Crippen LogP contribution is -2.24. The summed E-state index contributed by atoms with van der Waals surface area (Å²) in [6.07, 6.45) is -4.71. The first-order chi connectivity index (χ1) is 10.4. The Kier molecular flexibility index (Phi) is 5.10. The van der Waals surface area contributed by atoms with Gasteiger partial charge in [-0.1, -0.05) is 12.1 Å². The highest BCUT2D eigenvalue weighted by molar-refractivity contribution is 5.59. The number of likely N-dealkylation sites (N-methyl/N-ethyl adjacent to an activating group) is 1. The summed E-state index contributed by atoms with van der Waals surface area (Å²) in [6.45, 7) is 1.85. The maximum atomic E-state index is 12.2. The Morgan fingerprint density at radius 3 is 2.68 bits per heavy atom. The predicted molar refractivity (Wildman–Crippen MR) is 76.2 cm³/mol. The molecule has 7 heteroatoms. The fourth-order valence-electron chi connectivity index (χ4n) is 2.03. The molecule has 0 saturated carbocycles. The maximum Gasteiger partial charge on any atom is 0.573 e. The Morgan fingerprint density at radius 1 is 1.23 bits per heavy atom. The molecule has 0 aliphatic rings. The zero-order chi connectivity index (χ0) is 16.2. The Labute approximate surface area is 126 Å². The standard InChI is InChI=1S/C15H17F3N2O2/c1-20(8-7-19)10-13-5-6-14(21-13)11-3-2-4-12(9-11)22-15(16,17)18/h2-6,9H,7-8,10,19H2,1H3. The number of furan rings is 1. The zero-order valence-electron chi connectivity index (χ0n) is 12.1. The van der Waals surface area contributed by atoms with E-state index < -0.39 is 6.36 Å². The van der Waals surface area contributed by atoms with E-state index in [2.05, 4.69) is 4.74 Å². The molecule has 1 aromatic heterocycles. The molecule has 2 aromatic rings. The van der Waals surface area contributed by atoms with Gasteiger partial charge in [0.25, 0.3) is 0 Å². The number of halogens is 3. The molecule has 0 aliphatic heterocycles. The molecule has 2 rings (SSSR count). The van der Waals surface area contributed by atoms with Crippen LogP contribution in [0.5, 0.6) is 5.75 Å². The fraction of sp³-hybridized carbons (Fsp3) is 0.333. The van der Waals surface area contributed by atoms with E-state index in [1.54, 1.807) is 18.2 Å². The minimum absolute atomic E-state index is 0.275. The highest BCUT2D eigenvalue weighted by atomic mass is 19.4. The molecule has 4 nitrogen and oxygen atoms in total. The van der Waals surface area contributed by atoms with Crippen LogP contribution in [0.1, 0.15) is 5.76 Å². The van der Waals surface area contributed by atoms with E-state index in [4.69, 9.17) is 10.2 Å². The van der Waals surface area contributed by atoms with Crippen molar-refractivity contribution in [1.29, 1.82) is 0 Å². The highest BCUT2D eigenvalue weighted by Gasteiger charge is 2.31. The minimum Gasteiger partial charge on any atom is -0.460 e. The van der Waals surface area contributed by atoms with Gasteiger partial charge in [0.1, 0.15) is 17.3 Å². The molecule has 0 spiro atoms. The third-order valence-electron chi connectivity index (χ3n) is 2.95. The molecule has 0 saturated heterocycles. The van der Waals surface area contributed by atoms with Crippen LogP contribution in [0, 0.1) is 0 Å². The molecule has 22 heavy (non-hydrogen) atoms. The van der Waals surface area contributed by atoms with Crippen LogP contribution in [-0.2, 0) is 6.54 Å². The van der Waals surface area contributed by atoms with Crippen LogP contribution in [0.4, 0.5) is 13.2 Å². The lowest BCUT2D eigenvalue weighted by Gasteiger charge is -2.13. The van der Waals surface area contributed by atoms with Gasteiger partial charge >= 0.3 is 6.36 Å². The normalized spacial score (nSPS) is 11.9. The lowest BCUT2D eigenvalue weighted by molar-refractivity contribution is -0.274. The first kappa shape index (κ1) is 16.4. The van der Waals surface area contributed by atoms with Gasteiger partial charge in [0, 0.05) is 18.7 Å². The van der Waals surface area contributed by atoms with Gasteiger partial charge in [-0.15, -0.1) is 13.2 Å². The van der Waals surface area contributed by atoms with Crippen molar-refractivity contribution in [2.24, 2.45) is 5.73 Å². The second-order valence-electron chi connectivity index (χ2n) is 4.87. The molecule has 0 atom stereocenters. The predicted octanol–water partition coefficient (Wildman–Crippen LogP) is 3.24. The Morgan fingerprint density at radius 2 is 2.00 bits per heavy atom. The molecule has 0 bridgehead atoms. The molecule has 0 radical (unpaired) electrons. The van der Waals surface area contributed by atoms with Crippen LogP contribution in [0.15, 0.2) is 40.8 Å². The number of hydrogen-bond acceptors (Lipinski definition) is 4. The van der Waals surface area contributed by atoms with Gasteiger partial charge in [-0.3, -0.25) is 4.90 Å². The maximum absolute atomic E-state index is 12.2. The number of benzene rings is 1. The fourth-order valence-corrected chi connectivity index (χ4v) is 2.03. The van der Waals surface area contributed by atoms with E-state index in [9.17, 15) is 13.2 Å². The van der Waals surface area contributed by atoms with E-state index >= 15 is 0 Å². The van der Waals surface area contributed by atoms with Crippen molar-refractivity contribution >= 4 is 0 Å². The summed E-state index contributed by atoms with van der Waals surface area (Å²) in [4.78, 5) is 1.99. The SMILES string of the molecule is CN(CCN)Cc1ccc(-c2cccc(OC(F)(F)F)c2)o1. The molecular weight excluding hydrogens is 297 g/mol. The second kappa shape index (κ2) is 6.85. The van der Waals surface area contributed by atoms with Gasteiger partial charge in [-0.25, -0.2) is 0 Å². The molecule has 0 amide bonds. The van der Waals surface area contributed by atoms with Crippen molar-refractivity contribution in [1.82, 2.24) is 4.90 Å². The summed E-state index contributed by atoms with van der Waals surface area (Å²) in [6, 6.07) is 9.20. The summed E-state index contributed by atoms with van der Waals surface area (Å²) < 4.78 is 46.3. The monoisotopic (exact) mass is 314 g/mol. The summed E-state index contributed by atoms with van der Waals surface area (Å²) in [7, 11) is 1.91. The van der Waals surface area contributed by atoms with Gasteiger partial charge in [-0.05, 0) is 31.3 Å². The number of alkyl halides is 3. The molecule has 0 unspecified atom stereocenters. The molecule has 0 aliphatic carbocycles. The average molecular weight is 314 g/mol. The van der Waals surface area contributed by atoms with Crippen molar-refractivity contribution in [2.75, 3.05) is 20.1 Å². The highest BCUT2D eigenvalue weighted by Crippen LogP contribution is 2.29. The first-order valence-electron chi connectivity index (χ1n) is 6.71. The minimum atomic E-state index is -4.71. The molecule has 120 valence electrons. The van der Waals surface area contributed by atoms with E-state index in [0.717, 1.165) is 6.54 Å². The quantitative estimate of drug-likeness (QED) is 0.889. The zero-order valence-corrected chi connectivity index (χ0v) is 12.1. The van der Waals surface area contributed by atoms with Crippen molar-refractivity contribution < 1.29 is 22.3 Å². The van der Waals surface area contributed by atoms with Crippen LogP contribution >= 0.6 is 0 Å². The van der Waals surface area contributed by atoms with E-state index in [0.29, 0.717) is 30.2 Å². The topological polar surface area (TPSA) is 51.6 Å². The number of nitrogens with two attached hydrogens (primary N) is 1. The first-order valence-corrected chi connectivity index (χ1v) is 6.71. The summed E-state index contributed by atoms with van der Waals surface area (Å²) >= 11 is 0. The third-order valence-corrected chi connectivity index (χ3v) is 2.95. The number of nitrogens with zero attached hydrogens (tertiary/aromatic N) is 1. The van der Waals surface area contributed by atoms with Crippen molar-refractivity contribution in [2.45, 2.75) is 12.9 Å². The van der Waals surface area contributed by atoms with Gasteiger partial charge < -0.3 is 14.9 Å². The van der Waals surface area contributed by atoms with Crippen molar-refractivity contribution in [3.63, 3.8) is 0 Å². The van der Waals surface area contributed by atoms with Crippen LogP contribution < -0.4 is 10.5 Å². The lowest BCUT2D eigenvalue weighted by atomic mass is 10.1. The van der Waals surface area contributed by atoms with Gasteiger partial charge in [-0.2, -0.15) is 0 Å². The number of hydrogen-bond donors (Lipinski definition) is 1. The average Bonchev–Trinajstić information content (AvgIpc) is 2.85. The molecular formula is C15H17F3N2O2.